The molecule has 2 heterocycles. The molecule has 0 saturated heterocycles. The van der Waals surface area contributed by atoms with E-state index in [-0.39, 0.29) is 5.71 Å². The second-order valence-corrected chi connectivity index (χ2v) is 3.35. The number of hydrogen-bond donors (Lipinski definition) is 0. The van der Waals surface area contributed by atoms with Gasteiger partial charge in [0.15, 0.2) is 5.71 Å². The molecule has 5 heteroatoms. The van der Waals surface area contributed by atoms with Gasteiger partial charge in [-0.05, 0) is 11.4 Å². The van der Waals surface area contributed by atoms with E-state index < -0.39 is 5.97 Å². The smallest absolute Gasteiger partial charge is 0.361 e. The average molecular weight is 204 g/mol. The molecule has 1 aliphatic heterocycles. The Kier molecular flexibility index (Phi) is 2.13. The first-order valence-electron chi connectivity index (χ1n) is 3.75. The Balaban J connectivity index is 2.39. The highest BCUT2D eigenvalue weighted by Gasteiger charge is 2.16. The van der Waals surface area contributed by atoms with Crippen molar-refractivity contribution in [2.45, 2.75) is 0 Å². The molecular weight excluding hydrogens is 200 g/mol. The number of carbonyl (C=O) groups excluding carboxylic acids is 1. The number of nitrogens with zero attached hydrogens (tertiary/aromatic N) is 2. The molecule has 1 aliphatic rings. The summed E-state index contributed by atoms with van der Waals surface area (Å²) in [7, 11) is 0. The maximum absolute atomic E-state index is 11.0. The minimum atomic E-state index is -0.484. The Morgan fingerprint density at radius 3 is 3.07 bits per heavy atom. The molecule has 0 bridgehead atoms. The van der Waals surface area contributed by atoms with Crippen LogP contribution in [0.3, 0.4) is 0 Å². The van der Waals surface area contributed by atoms with E-state index in [0.717, 1.165) is 0 Å². The lowest BCUT2D eigenvalue weighted by molar-refractivity contribution is -0.129. The number of aliphatic imine (C=N–C) groups is 1. The molecule has 0 unspecified atom stereocenters. The van der Waals surface area contributed by atoms with Crippen LogP contribution in [0.4, 0.5) is 5.00 Å². The number of rotatable bonds is 1. The molecule has 0 saturated carbocycles. The molecule has 68 valence electrons. The summed E-state index contributed by atoms with van der Waals surface area (Å²) in [5.74, 6) is -0.484. The molecule has 2 rings (SSSR count). The number of hydrogen-bond acceptors (Lipinski definition) is 5. The third-order valence-electron chi connectivity index (χ3n) is 1.60. The zero-order valence-electron chi connectivity index (χ0n) is 6.93. The largest absolute Gasteiger partial charge is 0.430 e. The number of ether oxygens (including phenoxy) is 1. The van der Waals surface area contributed by atoms with Crippen molar-refractivity contribution in [2.75, 3.05) is 0 Å². The van der Waals surface area contributed by atoms with Crippen LogP contribution in [-0.2, 0) is 9.53 Å². The molecular formula is C9H4N2O2S. The van der Waals surface area contributed by atoms with Gasteiger partial charge in [-0.1, -0.05) is 0 Å². The first kappa shape index (κ1) is 8.66. The molecule has 0 fully saturated rings. The zero-order chi connectivity index (χ0) is 9.97. The number of thiophene rings is 1. The lowest BCUT2D eigenvalue weighted by atomic mass is 10.3. The van der Waals surface area contributed by atoms with E-state index in [1.165, 1.54) is 23.7 Å². The van der Waals surface area contributed by atoms with Crippen molar-refractivity contribution >= 4 is 28.0 Å². The molecule has 1 aromatic rings. The molecule has 0 aliphatic carbocycles. The summed E-state index contributed by atoms with van der Waals surface area (Å²) in [5, 5.41) is 11.0. The summed E-state index contributed by atoms with van der Waals surface area (Å²) in [6.07, 6.45) is 2.75. The number of esters is 1. The van der Waals surface area contributed by atoms with Crippen LogP contribution in [0.15, 0.2) is 28.8 Å². The van der Waals surface area contributed by atoms with Crippen molar-refractivity contribution in [3.63, 3.8) is 0 Å². The van der Waals surface area contributed by atoms with Crippen LogP contribution in [0, 0.1) is 11.3 Å². The third kappa shape index (κ3) is 1.43. The number of nitriles is 1. The van der Waals surface area contributed by atoms with Gasteiger partial charge in [-0.15, -0.1) is 11.3 Å². The molecule has 0 radical (unpaired) electrons. The molecule has 1 aromatic heterocycles. The lowest BCUT2D eigenvalue weighted by Crippen LogP contribution is -2.05. The fraction of sp³-hybridized carbons (Fsp3) is 0. The van der Waals surface area contributed by atoms with Crippen molar-refractivity contribution < 1.29 is 9.53 Å². The highest BCUT2D eigenvalue weighted by molar-refractivity contribution is 7.14. The van der Waals surface area contributed by atoms with Crippen molar-refractivity contribution in [3.8, 4) is 6.07 Å². The Hall–Kier alpha value is -1.93. The van der Waals surface area contributed by atoms with Gasteiger partial charge in [-0.3, -0.25) is 0 Å². The number of carbonyl (C=O) groups is 1. The standard InChI is InChI=1S/C9H4N2O2S/c10-5-6-2-4-14-8(6)11-7-1-3-13-9(7)12/h1-4H. The SMILES string of the molecule is N#Cc1ccsc1N=C1C=COC1=O. The van der Waals surface area contributed by atoms with Crippen molar-refractivity contribution in [2.24, 2.45) is 4.99 Å². The van der Waals surface area contributed by atoms with Crippen LogP contribution >= 0.6 is 11.3 Å². The van der Waals surface area contributed by atoms with Crippen LogP contribution < -0.4 is 0 Å². The van der Waals surface area contributed by atoms with E-state index >= 15 is 0 Å². The van der Waals surface area contributed by atoms with E-state index in [1.54, 1.807) is 11.4 Å². The summed E-state index contributed by atoms with van der Waals surface area (Å²) in [4.78, 5) is 15.0. The van der Waals surface area contributed by atoms with Gasteiger partial charge < -0.3 is 4.74 Å². The fourth-order valence-corrected chi connectivity index (χ4v) is 1.68. The number of cyclic esters (lactones) is 1. The van der Waals surface area contributed by atoms with Crippen molar-refractivity contribution in [1.82, 2.24) is 0 Å². The second kappa shape index (κ2) is 3.44. The maximum Gasteiger partial charge on any atom is 0.361 e. The highest BCUT2D eigenvalue weighted by Crippen LogP contribution is 2.26. The van der Waals surface area contributed by atoms with Crippen LogP contribution in [0.25, 0.3) is 0 Å². The van der Waals surface area contributed by atoms with Gasteiger partial charge in [0.2, 0.25) is 0 Å². The second-order valence-electron chi connectivity index (χ2n) is 2.46. The molecule has 0 N–H and O–H groups in total. The van der Waals surface area contributed by atoms with Crippen LogP contribution in [-0.4, -0.2) is 11.7 Å². The summed E-state index contributed by atoms with van der Waals surface area (Å²) in [6.45, 7) is 0. The predicted molar refractivity (Wildman–Crippen MR) is 51.4 cm³/mol. The molecule has 14 heavy (non-hydrogen) atoms. The van der Waals surface area contributed by atoms with Gasteiger partial charge in [0.25, 0.3) is 0 Å². The van der Waals surface area contributed by atoms with E-state index in [0.29, 0.717) is 10.6 Å². The lowest BCUT2D eigenvalue weighted by Gasteiger charge is -1.90. The molecule has 0 amide bonds. The summed E-state index contributed by atoms with van der Waals surface area (Å²) >= 11 is 1.31. The Morgan fingerprint density at radius 2 is 2.43 bits per heavy atom. The van der Waals surface area contributed by atoms with E-state index in [4.69, 9.17) is 5.26 Å². The minimum Gasteiger partial charge on any atom is -0.430 e. The summed E-state index contributed by atoms with van der Waals surface area (Å²) < 4.78 is 4.56. The van der Waals surface area contributed by atoms with Gasteiger partial charge in [-0.2, -0.15) is 5.26 Å². The first-order valence-corrected chi connectivity index (χ1v) is 4.63. The van der Waals surface area contributed by atoms with Crippen LogP contribution in [0.1, 0.15) is 5.56 Å². The Morgan fingerprint density at radius 1 is 1.57 bits per heavy atom. The van der Waals surface area contributed by atoms with Gasteiger partial charge >= 0.3 is 5.97 Å². The molecule has 4 nitrogen and oxygen atoms in total. The zero-order valence-corrected chi connectivity index (χ0v) is 7.75. The monoisotopic (exact) mass is 204 g/mol. The van der Waals surface area contributed by atoms with Crippen molar-refractivity contribution in [3.05, 3.63) is 29.3 Å². The summed E-state index contributed by atoms with van der Waals surface area (Å²) in [5.41, 5.74) is 0.694. The van der Waals surface area contributed by atoms with E-state index in [9.17, 15) is 4.79 Å². The van der Waals surface area contributed by atoms with Crippen molar-refractivity contribution in [1.29, 1.82) is 5.26 Å². The van der Waals surface area contributed by atoms with Crippen LogP contribution in [0.2, 0.25) is 0 Å². The van der Waals surface area contributed by atoms with E-state index in [2.05, 4.69) is 9.73 Å². The Bertz CT molecular complexity index is 479. The molecule has 0 atom stereocenters. The van der Waals surface area contributed by atoms with Gasteiger partial charge in [0, 0.05) is 6.08 Å². The third-order valence-corrected chi connectivity index (χ3v) is 2.40. The highest BCUT2D eigenvalue weighted by atomic mass is 32.1. The quantitative estimate of drug-likeness (QED) is 0.655. The first-order chi connectivity index (χ1) is 6.81. The van der Waals surface area contributed by atoms with Crippen LogP contribution in [0.5, 0.6) is 0 Å². The normalized spacial score (nSPS) is 17.1. The van der Waals surface area contributed by atoms with E-state index in [1.807, 2.05) is 6.07 Å². The average Bonchev–Trinajstić information content (AvgIpc) is 2.77. The minimum absolute atomic E-state index is 0.226. The fourth-order valence-electron chi connectivity index (χ4n) is 0.954. The van der Waals surface area contributed by atoms with Gasteiger partial charge in [-0.25, -0.2) is 9.79 Å². The van der Waals surface area contributed by atoms with Gasteiger partial charge in [0.1, 0.15) is 11.1 Å². The molecule has 0 aromatic carbocycles. The topological polar surface area (TPSA) is 62.4 Å². The predicted octanol–water partition coefficient (Wildman–Crippen LogP) is 1.76. The molecule has 0 spiro atoms. The summed E-state index contributed by atoms with van der Waals surface area (Å²) in [6, 6.07) is 3.65. The van der Waals surface area contributed by atoms with Gasteiger partial charge in [0.05, 0.1) is 11.8 Å². The maximum atomic E-state index is 11.0. The Labute approximate surface area is 83.8 Å².